The van der Waals surface area contributed by atoms with E-state index in [0.717, 1.165) is 0 Å². The quantitative estimate of drug-likeness (QED) is 0.452. The van der Waals surface area contributed by atoms with Crippen molar-refractivity contribution in [1.29, 1.82) is 0 Å². The molecule has 2 N–H and O–H groups in total. The molecule has 3 rings (SSSR count). The van der Waals surface area contributed by atoms with Crippen LogP contribution in [0.1, 0.15) is 36.1 Å². The average molecular weight is 474 g/mol. The fraction of sp³-hybridized carbons (Fsp3) is 0.273. The molecule has 0 saturated carbocycles. The van der Waals surface area contributed by atoms with Gasteiger partial charge in [0.25, 0.3) is 5.91 Å². The minimum atomic E-state index is -0.353. The van der Waals surface area contributed by atoms with E-state index in [-0.39, 0.29) is 23.6 Å². The Hall–Kier alpha value is -3.04. The van der Waals surface area contributed by atoms with E-state index in [1.165, 1.54) is 18.9 Å². The van der Waals surface area contributed by atoms with Crippen molar-refractivity contribution >= 4 is 40.9 Å². The maximum atomic E-state index is 12.5. The van der Waals surface area contributed by atoms with Crippen LogP contribution >= 0.6 is 23.4 Å². The van der Waals surface area contributed by atoms with E-state index in [1.54, 1.807) is 30.3 Å². The van der Waals surface area contributed by atoms with Gasteiger partial charge in [0.05, 0.1) is 24.6 Å². The second-order valence-electron chi connectivity index (χ2n) is 6.83. The Balaban J connectivity index is 1.64. The van der Waals surface area contributed by atoms with Crippen molar-refractivity contribution in [2.75, 3.05) is 18.2 Å². The third-order valence-electron chi connectivity index (χ3n) is 4.60. The predicted molar refractivity (Wildman–Crippen MR) is 125 cm³/mol. The molecule has 0 spiro atoms. The number of aromatic nitrogens is 3. The van der Waals surface area contributed by atoms with Gasteiger partial charge < -0.3 is 19.9 Å². The molecule has 2 amide bonds. The third kappa shape index (κ3) is 5.80. The van der Waals surface area contributed by atoms with Crippen molar-refractivity contribution in [3.8, 4) is 5.75 Å². The summed E-state index contributed by atoms with van der Waals surface area (Å²) < 4.78 is 7.14. The van der Waals surface area contributed by atoms with Gasteiger partial charge in [0.1, 0.15) is 5.75 Å². The van der Waals surface area contributed by atoms with Crippen LogP contribution in [0.4, 0.5) is 5.69 Å². The Kier molecular flexibility index (Phi) is 8.13. The summed E-state index contributed by atoms with van der Waals surface area (Å²) in [6.07, 6.45) is 0. The zero-order valence-corrected chi connectivity index (χ0v) is 19.5. The van der Waals surface area contributed by atoms with Gasteiger partial charge in [0, 0.05) is 17.1 Å². The van der Waals surface area contributed by atoms with Gasteiger partial charge in [-0.1, -0.05) is 41.6 Å². The standard InChI is InChI=1S/C22H24ClN5O3S/c1-4-28-20(14(2)24-21(30)15-8-6-5-7-9-15)26-27-22(28)32-13-19(29)25-17-12-16(23)10-11-18(17)31-3/h5-12,14H,4,13H2,1-3H3,(H,24,30)(H,25,29)/t14-/m0/s1. The normalized spacial score (nSPS) is 11.6. The van der Waals surface area contributed by atoms with Crippen LogP contribution in [-0.2, 0) is 11.3 Å². The van der Waals surface area contributed by atoms with Crippen molar-refractivity contribution in [3.05, 3.63) is 64.9 Å². The second kappa shape index (κ2) is 11.0. The van der Waals surface area contributed by atoms with Crippen LogP contribution < -0.4 is 15.4 Å². The monoisotopic (exact) mass is 473 g/mol. The number of rotatable bonds is 9. The lowest BCUT2D eigenvalue weighted by Crippen LogP contribution is -2.28. The third-order valence-corrected chi connectivity index (χ3v) is 5.80. The Morgan fingerprint density at radius 2 is 1.94 bits per heavy atom. The van der Waals surface area contributed by atoms with Crippen LogP contribution in [0.2, 0.25) is 5.02 Å². The maximum absolute atomic E-state index is 12.5. The van der Waals surface area contributed by atoms with Gasteiger partial charge in [-0.3, -0.25) is 9.59 Å². The minimum absolute atomic E-state index is 0.124. The number of carbonyl (C=O) groups excluding carboxylic acids is 2. The first-order chi connectivity index (χ1) is 15.4. The number of ether oxygens (including phenoxy) is 1. The molecule has 32 heavy (non-hydrogen) atoms. The Labute approximate surface area is 195 Å². The lowest BCUT2D eigenvalue weighted by atomic mass is 10.2. The molecule has 0 fully saturated rings. The van der Waals surface area contributed by atoms with Crippen molar-refractivity contribution in [2.24, 2.45) is 0 Å². The van der Waals surface area contributed by atoms with Crippen molar-refractivity contribution in [1.82, 2.24) is 20.1 Å². The Morgan fingerprint density at radius 1 is 1.19 bits per heavy atom. The summed E-state index contributed by atoms with van der Waals surface area (Å²) in [6, 6.07) is 13.6. The van der Waals surface area contributed by atoms with Gasteiger partial charge in [-0.05, 0) is 44.2 Å². The van der Waals surface area contributed by atoms with E-state index >= 15 is 0 Å². The highest BCUT2D eigenvalue weighted by atomic mass is 35.5. The summed E-state index contributed by atoms with van der Waals surface area (Å²) in [4.78, 5) is 24.9. The van der Waals surface area contributed by atoms with Crippen molar-refractivity contribution < 1.29 is 14.3 Å². The van der Waals surface area contributed by atoms with E-state index in [0.29, 0.717) is 39.5 Å². The molecular weight excluding hydrogens is 450 g/mol. The SMILES string of the molecule is CCn1c(SCC(=O)Nc2cc(Cl)ccc2OC)nnc1[C@H](C)NC(=O)c1ccccc1. The molecule has 0 unspecified atom stereocenters. The smallest absolute Gasteiger partial charge is 0.251 e. The Bertz CT molecular complexity index is 1090. The topological polar surface area (TPSA) is 98.1 Å². The zero-order valence-electron chi connectivity index (χ0n) is 18.0. The number of benzene rings is 2. The first-order valence-corrected chi connectivity index (χ1v) is 11.3. The summed E-state index contributed by atoms with van der Waals surface area (Å²) in [5, 5.41) is 15.3. The zero-order chi connectivity index (χ0) is 23.1. The van der Waals surface area contributed by atoms with E-state index in [2.05, 4.69) is 20.8 Å². The van der Waals surface area contributed by atoms with Crippen LogP contribution in [-0.4, -0.2) is 39.4 Å². The molecule has 0 saturated heterocycles. The van der Waals surface area contributed by atoms with Crippen LogP contribution in [0.25, 0.3) is 0 Å². The van der Waals surface area contributed by atoms with Gasteiger partial charge in [0.2, 0.25) is 5.91 Å². The first kappa shape index (κ1) is 23.6. The van der Waals surface area contributed by atoms with E-state index < -0.39 is 0 Å². The molecule has 168 valence electrons. The van der Waals surface area contributed by atoms with Gasteiger partial charge >= 0.3 is 0 Å². The highest BCUT2D eigenvalue weighted by Crippen LogP contribution is 2.28. The summed E-state index contributed by atoms with van der Waals surface area (Å²) in [5.74, 6) is 0.852. The molecule has 1 atom stereocenters. The van der Waals surface area contributed by atoms with Gasteiger partial charge in [-0.2, -0.15) is 0 Å². The molecule has 8 nitrogen and oxygen atoms in total. The Morgan fingerprint density at radius 3 is 2.62 bits per heavy atom. The number of thioether (sulfide) groups is 1. The average Bonchev–Trinajstić information content (AvgIpc) is 3.21. The summed E-state index contributed by atoms with van der Waals surface area (Å²) in [6.45, 7) is 4.41. The van der Waals surface area contributed by atoms with Gasteiger partial charge in [0.15, 0.2) is 11.0 Å². The molecule has 3 aromatic rings. The van der Waals surface area contributed by atoms with Gasteiger partial charge in [-0.25, -0.2) is 0 Å². The van der Waals surface area contributed by atoms with E-state index in [9.17, 15) is 9.59 Å². The van der Waals surface area contributed by atoms with Gasteiger partial charge in [-0.15, -0.1) is 10.2 Å². The number of methoxy groups -OCH3 is 1. The van der Waals surface area contributed by atoms with Crippen molar-refractivity contribution in [2.45, 2.75) is 31.6 Å². The second-order valence-corrected chi connectivity index (χ2v) is 8.21. The lowest BCUT2D eigenvalue weighted by Gasteiger charge is -2.15. The molecule has 0 aliphatic carbocycles. The molecule has 0 radical (unpaired) electrons. The molecule has 0 aliphatic heterocycles. The lowest BCUT2D eigenvalue weighted by molar-refractivity contribution is -0.113. The van der Waals surface area contributed by atoms with Crippen LogP contribution in [0.5, 0.6) is 5.75 Å². The number of nitrogens with one attached hydrogen (secondary N) is 2. The predicted octanol–water partition coefficient (Wildman–Crippen LogP) is 4.18. The summed E-state index contributed by atoms with van der Waals surface area (Å²) in [5.41, 5.74) is 1.07. The van der Waals surface area contributed by atoms with E-state index in [1.807, 2.05) is 36.6 Å². The molecule has 10 heteroatoms. The fourth-order valence-corrected chi connectivity index (χ4v) is 4.03. The highest BCUT2D eigenvalue weighted by Gasteiger charge is 2.20. The molecule has 1 heterocycles. The largest absolute Gasteiger partial charge is 0.495 e. The van der Waals surface area contributed by atoms with Crippen LogP contribution in [0.3, 0.4) is 0 Å². The van der Waals surface area contributed by atoms with E-state index in [4.69, 9.17) is 16.3 Å². The molecule has 1 aromatic heterocycles. The molecule has 0 bridgehead atoms. The van der Waals surface area contributed by atoms with Crippen LogP contribution in [0, 0.1) is 0 Å². The van der Waals surface area contributed by atoms with Crippen molar-refractivity contribution in [3.63, 3.8) is 0 Å². The number of carbonyl (C=O) groups is 2. The number of halogens is 1. The number of hydrogen-bond donors (Lipinski definition) is 2. The number of amides is 2. The minimum Gasteiger partial charge on any atom is -0.495 e. The number of nitrogens with zero attached hydrogens (tertiary/aromatic N) is 3. The molecule has 2 aromatic carbocycles. The molecule has 0 aliphatic rings. The summed E-state index contributed by atoms with van der Waals surface area (Å²) >= 11 is 7.27. The number of anilines is 1. The fourth-order valence-electron chi connectivity index (χ4n) is 3.05. The highest BCUT2D eigenvalue weighted by molar-refractivity contribution is 7.99. The van der Waals surface area contributed by atoms with Crippen LogP contribution in [0.15, 0.2) is 53.7 Å². The summed E-state index contributed by atoms with van der Waals surface area (Å²) in [7, 11) is 1.52. The maximum Gasteiger partial charge on any atom is 0.251 e. The molecular formula is C22H24ClN5O3S. The first-order valence-electron chi connectivity index (χ1n) is 9.98. The number of hydrogen-bond acceptors (Lipinski definition) is 6.